The Balaban J connectivity index is 1.42. The number of Topliss-reactive ketones (excluding diaryl/α,β-unsaturated/α-hetero) is 1. The van der Waals surface area contributed by atoms with Crippen LogP contribution in [0.3, 0.4) is 0 Å². The van der Waals surface area contributed by atoms with Crippen molar-refractivity contribution in [3.63, 3.8) is 0 Å². The number of hydrogen-bond donors (Lipinski definition) is 2. The Morgan fingerprint density at radius 3 is 2.44 bits per heavy atom. The fourth-order valence-electron chi connectivity index (χ4n) is 3.94. The van der Waals surface area contributed by atoms with Crippen molar-refractivity contribution >= 4 is 23.2 Å². The van der Waals surface area contributed by atoms with Crippen LogP contribution < -0.4 is 20.3 Å². The fraction of sp³-hybridized carbons (Fsp3) is 0.440. The van der Waals surface area contributed by atoms with Crippen molar-refractivity contribution < 1.29 is 14.3 Å². The lowest BCUT2D eigenvalue weighted by atomic mass is 10.0. The van der Waals surface area contributed by atoms with Crippen LogP contribution in [0.5, 0.6) is 5.75 Å². The molecule has 0 atom stereocenters. The average Bonchev–Trinajstić information content (AvgIpc) is 2.82. The summed E-state index contributed by atoms with van der Waals surface area (Å²) < 4.78 is 5.30. The molecule has 7 nitrogen and oxygen atoms in total. The van der Waals surface area contributed by atoms with E-state index in [1.165, 1.54) is 5.69 Å². The number of nitrogens with one attached hydrogen (secondary N) is 2. The Morgan fingerprint density at radius 1 is 1.00 bits per heavy atom. The Kier molecular flexibility index (Phi) is 8.92. The molecule has 172 valence electrons. The first kappa shape index (κ1) is 23.6. The number of ether oxygens (including phenoxy) is 1. The number of anilines is 2. The molecule has 1 heterocycles. The van der Waals surface area contributed by atoms with Gasteiger partial charge in [0.2, 0.25) is 0 Å². The zero-order chi connectivity index (χ0) is 22.8. The van der Waals surface area contributed by atoms with Gasteiger partial charge >= 0.3 is 6.03 Å². The van der Waals surface area contributed by atoms with Gasteiger partial charge in [0.1, 0.15) is 5.75 Å². The fourth-order valence-corrected chi connectivity index (χ4v) is 3.94. The Morgan fingerprint density at radius 2 is 1.75 bits per heavy atom. The molecule has 2 aromatic rings. The number of piperazine rings is 1. The van der Waals surface area contributed by atoms with Crippen molar-refractivity contribution in [1.82, 2.24) is 10.2 Å². The van der Waals surface area contributed by atoms with Gasteiger partial charge in [-0.15, -0.1) is 0 Å². The van der Waals surface area contributed by atoms with Crippen molar-refractivity contribution in [3.05, 3.63) is 54.1 Å². The van der Waals surface area contributed by atoms with E-state index < -0.39 is 0 Å². The van der Waals surface area contributed by atoms with Gasteiger partial charge in [-0.3, -0.25) is 9.69 Å². The highest BCUT2D eigenvalue weighted by Gasteiger charge is 2.17. The van der Waals surface area contributed by atoms with E-state index in [2.05, 4.69) is 44.7 Å². The van der Waals surface area contributed by atoms with Crippen molar-refractivity contribution in [2.45, 2.75) is 26.2 Å². The van der Waals surface area contributed by atoms with Crippen LogP contribution in [0.15, 0.2) is 48.5 Å². The second kappa shape index (κ2) is 12.1. The summed E-state index contributed by atoms with van der Waals surface area (Å²) in [5, 5.41) is 5.43. The molecule has 32 heavy (non-hydrogen) atoms. The zero-order valence-corrected chi connectivity index (χ0v) is 19.1. The lowest BCUT2D eigenvalue weighted by Gasteiger charge is -2.36. The molecule has 1 aliphatic rings. The summed E-state index contributed by atoms with van der Waals surface area (Å²) in [5.74, 6) is 0.614. The van der Waals surface area contributed by atoms with Crippen LogP contribution in [0.4, 0.5) is 16.2 Å². The molecule has 3 rings (SSSR count). The number of para-hydroxylation sites is 1. The summed E-state index contributed by atoms with van der Waals surface area (Å²) in [6, 6.07) is 15.4. The Hall–Kier alpha value is -3.06. The van der Waals surface area contributed by atoms with Gasteiger partial charge in [-0.25, -0.2) is 4.79 Å². The maximum absolute atomic E-state index is 12.7. The molecular weight excluding hydrogens is 404 g/mol. The second-order valence-electron chi connectivity index (χ2n) is 7.94. The summed E-state index contributed by atoms with van der Waals surface area (Å²) in [5.41, 5.74) is 2.38. The van der Waals surface area contributed by atoms with Gasteiger partial charge in [0.15, 0.2) is 5.78 Å². The predicted molar refractivity (Wildman–Crippen MR) is 129 cm³/mol. The molecule has 0 spiro atoms. The van der Waals surface area contributed by atoms with Gasteiger partial charge < -0.3 is 20.3 Å². The van der Waals surface area contributed by atoms with E-state index in [0.717, 1.165) is 45.6 Å². The molecule has 1 fully saturated rings. The molecule has 2 amide bonds. The average molecular weight is 439 g/mol. The van der Waals surface area contributed by atoms with Crippen molar-refractivity contribution in [3.8, 4) is 5.75 Å². The summed E-state index contributed by atoms with van der Waals surface area (Å²) in [7, 11) is 1.54. The van der Waals surface area contributed by atoms with Crippen molar-refractivity contribution in [2.24, 2.45) is 0 Å². The molecule has 0 radical (unpaired) electrons. The topological polar surface area (TPSA) is 73.9 Å². The van der Waals surface area contributed by atoms with Crippen molar-refractivity contribution in [1.29, 1.82) is 0 Å². The first-order chi connectivity index (χ1) is 15.6. The standard InChI is InChI=1S/C25H34N4O3/c1-3-26-25(31)27-22-19-20(12-13-24(22)32-2)23(30)11-7-8-14-28-15-17-29(18-16-28)21-9-5-4-6-10-21/h4-6,9-10,12-13,19H,3,7-8,11,14-18H2,1-2H3,(H2,26,27,31). The summed E-state index contributed by atoms with van der Waals surface area (Å²) >= 11 is 0. The molecule has 1 saturated heterocycles. The molecule has 0 aromatic heterocycles. The van der Waals surface area contributed by atoms with Crippen molar-refractivity contribution in [2.75, 3.05) is 56.6 Å². The minimum absolute atomic E-state index is 0.0838. The first-order valence-electron chi connectivity index (χ1n) is 11.4. The van der Waals surface area contributed by atoms with E-state index >= 15 is 0 Å². The third-order valence-electron chi connectivity index (χ3n) is 5.73. The third-order valence-corrected chi connectivity index (χ3v) is 5.73. The highest BCUT2D eigenvalue weighted by molar-refractivity contribution is 5.99. The van der Waals surface area contributed by atoms with Gasteiger partial charge in [-0.05, 0) is 56.6 Å². The number of unbranched alkanes of at least 4 members (excludes halogenated alkanes) is 1. The summed E-state index contributed by atoms with van der Waals surface area (Å²) in [6.07, 6.45) is 2.34. The third kappa shape index (κ3) is 6.72. The van der Waals surface area contributed by atoms with Crippen LogP contribution in [0.25, 0.3) is 0 Å². The number of carbonyl (C=O) groups is 2. The lowest BCUT2D eigenvalue weighted by Crippen LogP contribution is -2.46. The number of nitrogens with zero attached hydrogens (tertiary/aromatic N) is 2. The molecule has 7 heteroatoms. The highest BCUT2D eigenvalue weighted by atomic mass is 16.5. The molecular formula is C25H34N4O3. The number of ketones is 1. The van der Waals surface area contributed by atoms with Gasteiger partial charge in [0.05, 0.1) is 12.8 Å². The number of methoxy groups -OCH3 is 1. The van der Waals surface area contributed by atoms with Crippen LogP contribution in [0.2, 0.25) is 0 Å². The monoisotopic (exact) mass is 438 g/mol. The molecule has 0 saturated carbocycles. The smallest absolute Gasteiger partial charge is 0.319 e. The molecule has 0 unspecified atom stereocenters. The minimum atomic E-state index is -0.317. The molecule has 0 aliphatic carbocycles. The predicted octanol–water partition coefficient (Wildman–Crippen LogP) is 4.01. The normalized spacial score (nSPS) is 14.1. The molecule has 0 bridgehead atoms. The maximum atomic E-state index is 12.7. The van der Waals surface area contributed by atoms with E-state index in [1.54, 1.807) is 25.3 Å². The van der Waals surface area contributed by atoms with E-state index in [-0.39, 0.29) is 11.8 Å². The van der Waals surface area contributed by atoms with Crippen LogP contribution in [0, 0.1) is 0 Å². The van der Waals surface area contributed by atoms with Crippen LogP contribution >= 0.6 is 0 Å². The molecule has 1 aliphatic heterocycles. The van der Waals surface area contributed by atoms with Gasteiger partial charge in [0.25, 0.3) is 0 Å². The Bertz CT molecular complexity index is 880. The largest absolute Gasteiger partial charge is 0.495 e. The quantitative estimate of drug-likeness (QED) is 0.433. The number of amides is 2. The van der Waals surface area contributed by atoms with Crippen LogP contribution in [-0.4, -0.2) is 63.1 Å². The highest BCUT2D eigenvalue weighted by Crippen LogP contribution is 2.26. The number of rotatable bonds is 10. The summed E-state index contributed by atoms with van der Waals surface area (Å²) in [4.78, 5) is 29.4. The van der Waals surface area contributed by atoms with E-state index in [1.807, 2.05) is 13.0 Å². The SMILES string of the molecule is CCNC(=O)Nc1cc(C(=O)CCCCN2CCN(c3ccccc3)CC2)ccc1OC. The van der Waals surface area contributed by atoms with E-state index in [0.29, 0.717) is 30.0 Å². The van der Waals surface area contributed by atoms with Gasteiger partial charge in [-0.1, -0.05) is 18.2 Å². The van der Waals surface area contributed by atoms with Crippen LogP contribution in [-0.2, 0) is 0 Å². The molecule has 2 N–H and O–H groups in total. The first-order valence-corrected chi connectivity index (χ1v) is 11.4. The van der Waals surface area contributed by atoms with E-state index in [9.17, 15) is 9.59 Å². The van der Waals surface area contributed by atoms with E-state index in [4.69, 9.17) is 4.74 Å². The van der Waals surface area contributed by atoms with Crippen LogP contribution in [0.1, 0.15) is 36.5 Å². The number of carbonyl (C=O) groups excluding carboxylic acids is 2. The van der Waals surface area contributed by atoms with Gasteiger partial charge in [0, 0.05) is 50.4 Å². The number of urea groups is 1. The second-order valence-corrected chi connectivity index (χ2v) is 7.94. The number of benzene rings is 2. The summed E-state index contributed by atoms with van der Waals surface area (Å²) in [6.45, 7) is 7.56. The minimum Gasteiger partial charge on any atom is -0.495 e. The lowest BCUT2D eigenvalue weighted by molar-refractivity contribution is 0.0977. The molecule has 2 aromatic carbocycles. The van der Waals surface area contributed by atoms with Gasteiger partial charge in [-0.2, -0.15) is 0 Å². The zero-order valence-electron chi connectivity index (χ0n) is 19.1. The maximum Gasteiger partial charge on any atom is 0.319 e. The number of hydrogen-bond acceptors (Lipinski definition) is 5. The Labute approximate surface area is 190 Å².